The first-order valence-electron chi connectivity index (χ1n) is 5.35. The van der Waals surface area contributed by atoms with Crippen LogP contribution in [0.3, 0.4) is 0 Å². The molecule has 1 amide bonds. The van der Waals surface area contributed by atoms with Crippen LogP contribution in [0, 0.1) is 0 Å². The van der Waals surface area contributed by atoms with Crippen LogP contribution in [0.2, 0.25) is 5.02 Å². The van der Waals surface area contributed by atoms with E-state index in [0.717, 1.165) is 4.31 Å². The Morgan fingerprint density at radius 2 is 2.11 bits per heavy atom. The van der Waals surface area contributed by atoms with Crippen molar-refractivity contribution in [2.75, 3.05) is 13.1 Å². The summed E-state index contributed by atoms with van der Waals surface area (Å²) in [6.07, 6.45) is 0. The Kier molecular flexibility index (Phi) is 5.13. The van der Waals surface area contributed by atoms with Crippen LogP contribution in [0.4, 0.5) is 0 Å². The van der Waals surface area contributed by atoms with Crippen LogP contribution in [0.15, 0.2) is 24.3 Å². The second-order valence-corrected chi connectivity index (χ2v) is 6.18. The number of likely N-dealkylation sites (N-methyl/N-ethyl adjacent to an activating group) is 1. The second-order valence-electron chi connectivity index (χ2n) is 3.78. The van der Waals surface area contributed by atoms with Crippen molar-refractivity contribution >= 4 is 27.5 Å². The molecule has 7 heteroatoms. The Hall–Kier alpha value is -1.11. The van der Waals surface area contributed by atoms with Crippen LogP contribution in [0.1, 0.15) is 12.5 Å². The number of rotatable bonds is 6. The molecule has 0 saturated carbocycles. The smallest absolute Gasteiger partial charge is 0.232 e. The van der Waals surface area contributed by atoms with E-state index >= 15 is 0 Å². The number of sulfonamides is 1. The average molecular weight is 291 g/mol. The van der Waals surface area contributed by atoms with Crippen molar-refractivity contribution < 1.29 is 13.2 Å². The molecular formula is C11H15ClN2O3S. The van der Waals surface area contributed by atoms with Gasteiger partial charge in [0.15, 0.2) is 0 Å². The zero-order valence-corrected chi connectivity index (χ0v) is 11.5. The predicted molar refractivity (Wildman–Crippen MR) is 70.5 cm³/mol. The quantitative estimate of drug-likeness (QED) is 0.848. The van der Waals surface area contributed by atoms with Gasteiger partial charge in [-0.3, -0.25) is 4.79 Å². The molecule has 5 nitrogen and oxygen atoms in total. The van der Waals surface area contributed by atoms with E-state index in [1.807, 2.05) is 0 Å². The number of primary amides is 1. The first kappa shape index (κ1) is 14.9. The van der Waals surface area contributed by atoms with Gasteiger partial charge in [0.2, 0.25) is 15.9 Å². The number of hydrogen-bond acceptors (Lipinski definition) is 3. The highest BCUT2D eigenvalue weighted by Crippen LogP contribution is 2.15. The molecule has 1 aromatic rings. The first-order chi connectivity index (χ1) is 8.35. The lowest BCUT2D eigenvalue weighted by Gasteiger charge is -2.18. The molecule has 100 valence electrons. The average Bonchev–Trinajstić information content (AvgIpc) is 2.24. The maximum atomic E-state index is 12.1. The number of amides is 1. The molecular weight excluding hydrogens is 276 g/mol. The maximum absolute atomic E-state index is 12.1. The van der Waals surface area contributed by atoms with E-state index < -0.39 is 15.9 Å². The topological polar surface area (TPSA) is 80.5 Å². The molecule has 0 radical (unpaired) electrons. The van der Waals surface area contributed by atoms with Crippen molar-refractivity contribution in [1.29, 1.82) is 0 Å². The fraction of sp³-hybridized carbons (Fsp3) is 0.364. The number of carbonyl (C=O) groups excluding carboxylic acids is 1. The molecule has 0 fully saturated rings. The van der Waals surface area contributed by atoms with E-state index in [4.69, 9.17) is 17.3 Å². The molecule has 0 aliphatic heterocycles. The summed E-state index contributed by atoms with van der Waals surface area (Å²) in [4.78, 5) is 10.8. The van der Waals surface area contributed by atoms with E-state index in [2.05, 4.69) is 0 Å². The highest BCUT2D eigenvalue weighted by atomic mass is 35.5. The van der Waals surface area contributed by atoms with Crippen molar-refractivity contribution in [3.05, 3.63) is 34.9 Å². The van der Waals surface area contributed by atoms with Gasteiger partial charge in [0.05, 0.1) is 12.3 Å². The lowest BCUT2D eigenvalue weighted by molar-refractivity contribution is -0.118. The fourth-order valence-corrected chi connectivity index (χ4v) is 3.22. The van der Waals surface area contributed by atoms with Gasteiger partial charge in [-0.05, 0) is 17.7 Å². The van der Waals surface area contributed by atoms with Gasteiger partial charge in [-0.25, -0.2) is 8.42 Å². The monoisotopic (exact) mass is 290 g/mol. The van der Waals surface area contributed by atoms with Crippen LogP contribution in [0.25, 0.3) is 0 Å². The van der Waals surface area contributed by atoms with Crippen molar-refractivity contribution in [3.8, 4) is 0 Å². The molecule has 0 heterocycles. The third kappa shape index (κ3) is 4.29. The van der Waals surface area contributed by atoms with Crippen LogP contribution >= 0.6 is 11.6 Å². The Balaban J connectivity index is 2.89. The Morgan fingerprint density at radius 1 is 1.44 bits per heavy atom. The van der Waals surface area contributed by atoms with Gasteiger partial charge in [0.25, 0.3) is 0 Å². The summed E-state index contributed by atoms with van der Waals surface area (Å²) in [5, 5.41) is 0.473. The van der Waals surface area contributed by atoms with Gasteiger partial charge in [0, 0.05) is 11.6 Å². The summed E-state index contributed by atoms with van der Waals surface area (Å²) < 4.78 is 25.2. The summed E-state index contributed by atoms with van der Waals surface area (Å²) in [5.41, 5.74) is 5.59. The number of nitrogens with zero attached hydrogens (tertiary/aromatic N) is 1. The van der Waals surface area contributed by atoms with E-state index in [9.17, 15) is 13.2 Å². The highest BCUT2D eigenvalue weighted by molar-refractivity contribution is 7.88. The summed E-state index contributed by atoms with van der Waals surface area (Å²) in [6.45, 7) is 1.55. The zero-order valence-electron chi connectivity index (χ0n) is 9.97. The molecule has 0 aliphatic carbocycles. The molecule has 18 heavy (non-hydrogen) atoms. The largest absolute Gasteiger partial charge is 0.369 e. The van der Waals surface area contributed by atoms with E-state index in [1.54, 1.807) is 31.2 Å². The van der Waals surface area contributed by atoms with Gasteiger partial charge >= 0.3 is 0 Å². The minimum atomic E-state index is -3.56. The summed E-state index contributed by atoms with van der Waals surface area (Å²) >= 11 is 5.79. The third-order valence-corrected chi connectivity index (χ3v) is 4.42. The van der Waals surface area contributed by atoms with Gasteiger partial charge in [0.1, 0.15) is 0 Å². The lowest BCUT2D eigenvalue weighted by Crippen LogP contribution is -2.38. The van der Waals surface area contributed by atoms with Crippen LogP contribution in [0.5, 0.6) is 0 Å². The lowest BCUT2D eigenvalue weighted by atomic mass is 10.2. The molecule has 0 unspecified atom stereocenters. The van der Waals surface area contributed by atoms with Crippen molar-refractivity contribution in [2.45, 2.75) is 12.7 Å². The standard InChI is InChI=1S/C11H15ClN2O3S/c1-2-14(7-11(13)15)18(16,17)8-9-4-3-5-10(12)6-9/h3-6H,2,7-8H2,1H3,(H2,13,15). The fourth-order valence-electron chi connectivity index (χ4n) is 1.51. The van der Waals surface area contributed by atoms with Gasteiger partial charge in [-0.1, -0.05) is 30.7 Å². The normalized spacial score (nSPS) is 11.7. The van der Waals surface area contributed by atoms with Crippen molar-refractivity contribution in [2.24, 2.45) is 5.73 Å². The van der Waals surface area contributed by atoms with Gasteiger partial charge in [-0.2, -0.15) is 4.31 Å². The van der Waals surface area contributed by atoms with Crippen LogP contribution in [-0.2, 0) is 20.6 Å². The van der Waals surface area contributed by atoms with E-state index in [1.165, 1.54) is 0 Å². The van der Waals surface area contributed by atoms with Crippen molar-refractivity contribution in [1.82, 2.24) is 4.31 Å². The minimum Gasteiger partial charge on any atom is -0.369 e. The molecule has 1 rings (SSSR count). The second kappa shape index (κ2) is 6.17. The molecule has 0 spiro atoms. The van der Waals surface area contributed by atoms with Crippen LogP contribution < -0.4 is 5.73 Å². The zero-order chi connectivity index (χ0) is 13.8. The molecule has 1 aromatic carbocycles. The summed E-state index contributed by atoms with van der Waals surface area (Å²) in [5.74, 6) is -0.874. The molecule has 0 bridgehead atoms. The van der Waals surface area contributed by atoms with E-state index in [-0.39, 0.29) is 18.8 Å². The van der Waals surface area contributed by atoms with Gasteiger partial charge in [-0.15, -0.1) is 0 Å². The maximum Gasteiger partial charge on any atom is 0.232 e. The molecule has 0 saturated heterocycles. The molecule has 0 aliphatic rings. The molecule has 2 N–H and O–H groups in total. The SMILES string of the molecule is CCN(CC(N)=O)S(=O)(=O)Cc1cccc(Cl)c1. The summed E-state index contributed by atoms with van der Waals surface area (Å²) in [7, 11) is -3.56. The third-order valence-electron chi connectivity index (χ3n) is 2.32. The predicted octanol–water partition coefficient (Wildman–Crippen LogP) is 0.977. The van der Waals surface area contributed by atoms with E-state index in [0.29, 0.717) is 10.6 Å². The summed E-state index contributed by atoms with van der Waals surface area (Å²) in [6, 6.07) is 6.59. The Morgan fingerprint density at radius 3 is 2.61 bits per heavy atom. The number of halogens is 1. The Bertz CT molecular complexity index is 531. The number of benzene rings is 1. The molecule has 0 aromatic heterocycles. The van der Waals surface area contributed by atoms with Crippen LogP contribution in [-0.4, -0.2) is 31.7 Å². The van der Waals surface area contributed by atoms with Gasteiger partial charge < -0.3 is 5.73 Å². The Labute approximate surface area is 112 Å². The number of carbonyl (C=O) groups is 1. The number of hydrogen-bond donors (Lipinski definition) is 1. The van der Waals surface area contributed by atoms with Crippen molar-refractivity contribution in [3.63, 3.8) is 0 Å². The highest BCUT2D eigenvalue weighted by Gasteiger charge is 2.22. The molecule has 0 atom stereocenters. The minimum absolute atomic E-state index is 0.200. The first-order valence-corrected chi connectivity index (χ1v) is 7.34. The number of nitrogens with two attached hydrogens (primary N) is 1.